The molecular weight excluding hydrogens is 264 g/mol. The minimum atomic E-state index is 0.287. The quantitative estimate of drug-likeness (QED) is 0.474. The topological polar surface area (TPSA) is 0 Å². The Morgan fingerprint density at radius 3 is 2.14 bits per heavy atom. The average molecular weight is 305 g/mol. The van der Waals surface area contributed by atoms with Gasteiger partial charge in [-0.05, 0) is 54.3 Å². The molecule has 1 rings (SSSR count). The van der Waals surface area contributed by atoms with Gasteiger partial charge in [0, 0.05) is 0 Å². The second kappa shape index (κ2) is 7.84. The second-order valence-corrected chi connectivity index (χ2v) is 9.34. The van der Waals surface area contributed by atoms with Crippen LogP contribution in [0.5, 0.6) is 0 Å². The molecule has 0 nitrogen and oxygen atoms in total. The molecule has 0 N–H and O–H groups in total. The van der Waals surface area contributed by atoms with Crippen LogP contribution >= 0.6 is 0 Å². The minimum Gasteiger partial charge on any atom is -0.0877 e. The molecule has 1 aliphatic carbocycles. The van der Waals surface area contributed by atoms with Crippen molar-refractivity contribution in [1.29, 1.82) is 0 Å². The van der Waals surface area contributed by atoms with Crippen LogP contribution in [0.4, 0.5) is 0 Å². The maximum absolute atomic E-state index is 2.63. The third-order valence-electron chi connectivity index (χ3n) is 5.44. The van der Waals surface area contributed by atoms with E-state index in [1.807, 2.05) is 0 Å². The summed E-state index contributed by atoms with van der Waals surface area (Å²) in [5.41, 5.74) is 2.35. The Morgan fingerprint density at radius 1 is 1.00 bits per heavy atom. The predicted molar refractivity (Wildman–Crippen MR) is 101 cm³/mol. The van der Waals surface area contributed by atoms with Crippen LogP contribution in [0, 0.1) is 28.6 Å². The van der Waals surface area contributed by atoms with Gasteiger partial charge in [-0.15, -0.1) is 0 Å². The van der Waals surface area contributed by atoms with Crippen LogP contribution in [0.1, 0.15) is 87.5 Å². The van der Waals surface area contributed by atoms with Crippen LogP contribution in [0.3, 0.4) is 0 Å². The third kappa shape index (κ3) is 5.60. The molecule has 128 valence electrons. The highest BCUT2D eigenvalue weighted by Gasteiger charge is 2.32. The molecule has 3 atom stereocenters. The molecule has 0 radical (unpaired) electrons. The fraction of sp³-hybridized carbons (Fsp3) is 0.818. The summed E-state index contributed by atoms with van der Waals surface area (Å²) < 4.78 is 0. The lowest BCUT2D eigenvalue weighted by atomic mass is 9.67. The van der Waals surface area contributed by atoms with E-state index in [4.69, 9.17) is 0 Å². The molecule has 0 spiro atoms. The summed E-state index contributed by atoms with van der Waals surface area (Å²) in [5, 5.41) is 0. The zero-order valence-electron chi connectivity index (χ0n) is 16.5. The van der Waals surface area contributed by atoms with E-state index in [0.717, 1.165) is 11.8 Å². The summed E-state index contributed by atoms with van der Waals surface area (Å²) in [6, 6.07) is 0. The van der Waals surface area contributed by atoms with E-state index in [2.05, 4.69) is 73.6 Å². The summed E-state index contributed by atoms with van der Waals surface area (Å²) in [4.78, 5) is 0. The fourth-order valence-corrected chi connectivity index (χ4v) is 4.55. The molecule has 0 aromatic rings. The van der Waals surface area contributed by atoms with Crippen molar-refractivity contribution in [2.75, 3.05) is 0 Å². The molecule has 0 aromatic heterocycles. The van der Waals surface area contributed by atoms with Crippen LogP contribution in [0.25, 0.3) is 0 Å². The van der Waals surface area contributed by atoms with Gasteiger partial charge in [-0.3, -0.25) is 0 Å². The lowest BCUT2D eigenvalue weighted by Gasteiger charge is -2.38. The summed E-state index contributed by atoms with van der Waals surface area (Å²) in [6.07, 6.45) is 13.9. The van der Waals surface area contributed by atoms with Gasteiger partial charge in [-0.2, -0.15) is 0 Å². The number of hydrogen-bond acceptors (Lipinski definition) is 0. The molecule has 0 heteroatoms. The van der Waals surface area contributed by atoms with Crippen molar-refractivity contribution in [3.63, 3.8) is 0 Å². The van der Waals surface area contributed by atoms with Crippen molar-refractivity contribution in [3.05, 3.63) is 23.8 Å². The first-order valence-electron chi connectivity index (χ1n) is 9.48. The van der Waals surface area contributed by atoms with Crippen LogP contribution in [-0.2, 0) is 0 Å². The Morgan fingerprint density at radius 2 is 1.64 bits per heavy atom. The van der Waals surface area contributed by atoms with Gasteiger partial charge in [0.15, 0.2) is 0 Å². The van der Waals surface area contributed by atoms with E-state index in [0.29, 0.717) is 11.3 Å². The second-order valence-electron chi connectivity index (χ2n) is 9.34. The summed E-state index contributed by atoms with van der Waals surface area (Å²) in [7, 11) is 0. The van der Waals surface area contributed by atoms with E-state index < -0.39 is 0 Å². The number of allylic oxidation sites excluding steroid dienone is 4. The summed E-state index contributed by atoms with van der Waals surface area (Å²) in [5.74, 6) is 2.26. The molecule has 0 aromatic carbocycles. The monoisotopic (exact) mass is 304 g/mol. The van der Waals surface area contributed by atoms with E-state index >= 15 is 0 Å². The third-order valence-corrected chi connectivity index (χ3v) is 5.44. The molecule has 3 unspecified atom stereocenters. The van der Waals surface area contributed by atoms with E-state index in [-0.39, 0.29) is 5.41 Å². The molecule has 1 aliphatic rings. The molecule has 0 heterocycles. The van der Waals surface area contributed by atoms with Crippen molar-refractivity contribution in [2.24, 2.45) is 28.6 Å². The zero-order valence-corrected chi connectivity index (χ0v) is 16.5. The van der Waals surface area contributed by atoms with E-state index in [1.54, 1.807) is 5.57 Å². The lowest BCUT2D eigenvalue weighted by Crippen LogP contribution is -2.26. The Balaban J connectivity index is 3.15. The minimum absolute atomic E-state index is 0.287. The van der Waals surface area contributed by atoms with Gasteiger partial charge in [-0.1, -0.05) is 85.6 Å². The van der Waals surface area contributed by atoms with Crippen molar-refractivity contribution >= 4 is 0 Å². The van der Waals surface area contributed by atoms with Crippen LogP contribution in [0.2, 0.25) is 0 Å². The Kier molecular flexibility index (Phi) is 6.96. The lowest BCUT2D eigenvalue weighted by molar-refractivity contribution is 0.236. The number of hydrogen-bond donors (Lipinski definition) is 0. The SMILES string of the molecule is CCC1C=CCC(C)C(CC)CC=C1C(C)(C)CC(C)(C)C. The molecule has 0 bridgehead atoms. The van der Waals surface area contributed by atoms with Gasteiger partial charge in [0.05, 0.1) is 0 Å². The first kappa shape index (κ1) is 19.5. The zero-order chi connectivity index (χ0) is 17.0. The van der Waals surface area contributed by atoms with Gasteiger partial charge in [0.25, 0.3) is 0 Å². The molecule has 22 heavy (non-hydrogen) atoms. The standard InChI is InChI=1S/C22H40/c1-9-18-14-15-20(22(7,8)16-21(4,5)6)19(10-2)13-11-12-17(18)3/h11,13,15,17-19H,9-10,12,14,16H2,1-8H3. The van der Waals surface area contributed by atoms with Crippen molar-refractivity contribution < 1.29 is 0 Å². The smallest absolute Gasteiger partial charge is 0.00206 e. The van der Waals surface area contributed by atoms with Gasteiger partial charge >= 0.3 is 0 Å². The first-order valence-corrected chi connectivity index (χ1v) is 9.48. The summed E-state index contributed by atoms with van der Waals surface area (Å²) >= 11 is 0. The summed E-state index contributed by atoms with van der Waals surface area (Å²) in [6.45, 7) is 19.2. The first-order chi connectivity index (χ1) is 10.1. The maximum atomic E-state index is 2.63. The van der Waals surface area contributed by atoms with E-state index in [9.17, 15) is 0 Å². The van der Waals surface area contributed by atoms with Gasteiger partial charge in [-0.25, -0.2) is 0 Å². The number of rotatable bonds is 4. The van der Waals surface area contributed by atoms with Crippen LogP contribution < -0.4 is 0 Å². The van der Waals surface area contributed by atoms with Gasteiger partial charge in [0.1, 0.15) is 0 Å². The van der Waals surface area contributed by atoms with Gasteiger partial charge in [0.2, 0.25) is 0 Å². The van der Waals surface area contributed by atoms with Gasteiger partial charge < -0.3 is 0 Å². The van der Waals surface area contributed by atoms with Crippen molar-refractivity contribution in [3.8, 4) is 0 Å². The largest absolute Gasteiger partial charge is 0.0877 e. The Bertz CT molecular complexity index is 389. The fourth-order valence-electron chi connectivity index (χ4n) is 4.55. The molecule has 0 amide bonds. The Hall–Kier alpha value is -0.520. The van der Waals surface area contributed by atoms with Crippen LogP contribution in [0.15, 0.2) is 23.8 Å². The highest BCUT2D eigenvalue weighted by atomic mass is 14.4. The predicted octanol–water partition coefficient (Wildman–Crippen LogP) is 7.41. The molecular formula is C22H40. The molecule has 0 saturated carbocycles. The molecule has 0 saturated heterocycles. The maximum Gasteiger partial charge on any atom is -0.00206 e. The molecule has 0 aliphatic heterocycles. The highest BCUT2D eigenvalue weighted by Crippen LogP contribution is 2.44. The van der Waals surface area contributed by atoms with E-state index in [1.165, 1.54) is 32.1 Å². The van der Waals surface area contributed by atoms with Crippen molar-refractivity contribution in [2.45, 2.75) is 87.5 Å². The van der Waals surface area contributed by atoms with Crippen molar-refractivity contribution in [1.82, 2.24) is 0 Å². The average Bonchev–Trinajstić information content (AvgIpc) is 2.44. The Labute approximate surface area is 140 Å². The molecule has 0 fully saturated rings. The van der Waals surface area contributed by atoms with Crippen LogP contribution in [-0.4, -0.2) is 0 Å². The highest BCUT2D eigenvalue weighted by molar-refractivity contribution is 5.22. The normalized spacial score (nSPS) is 27.8.